The average Bonchev–Trinajstić information content (AvgIpc) is 3.16. The summed E-state index contributed by atoms with van der Waals surface area (Å²) in [5.41, 5.74) is 0.517. The third-order valence-electron chi connectivity index (χ3n) is 4.40. The lowest BCUT2D eigenvalue weighted by atomic mass is 10.0. The van der Waals surface area contributed by atoms with Crippen LogP contribution in [0.15, 0.2) is 54.6 Å². The Labute approximate surface area is 148 Å². The molecule has 0 amide bonds. The first kappa shape index (κ1) is 18.5. The molecular formula is C19H19F4NO2. The predicted octanol–water partition coefficient (Wildman–Crippen LogP) is 4.63. The lowest BCUT2D eigenvalue weighted by Gasteiger charge is -2.30. The standard InChI is InChI=1S/C19H19F4NO2/c20-18(21,19(22,23)26-16-6-2-1-3-7-16)17(25)14-8-10-15(11-9-14)24-12-4-5-13-24/h1-3,6-11,17,25H,4-5,12-13H2. The highest BCUT2D eigenvalue weighted by Gasteiger charge is 2.64. The average molecular weight is 369 g/mol. The van der Waals surface area contributed by atoms with E-state index in [2.05, 4.69) is 9.64 Å². The van der Waals surface area contributed by atoms with E-state index in [4.69, 9.17) is 0 Å². The van der Waals surface area contributed by atoms with Crippen molar-refractivity contribution in [3.05, 3.63) is 60.2 Å². The molecule has 1 aliphatic rings. The van der Waals surface area contributed by atoms with Crippen LogP contribution in [0.2, 0.25) is 0 Å². The third-order valence-corrected chi connectivity index (χ3v) is 4.40. The van der Waals surface area contributed by atoms with Crippen molar-refractivity contribution in [3.63, 3.8) is 0 Å². The van der Waals surface area contributed by atoms with Crippen LogP contribution in [0.3, 0.4) is 0 Å². The number of aliphatic hydroxyl groups is 1. The van der Waals surface area contributed by atoms with Crippen molar-refractivity contribution in [2.24, 2.45) is 0 Å². The normalized spacial score (nSPS) is 16.6. The Balaban J connectivity index is 1.76. The van der Waals surface area contributed by atoms with Crippen LogP contribution in [0.4, 0.5) is 23.2 Å². The van der Waals surface area contributed by atoms with Gasteiger partial charge >= 0.3 is 12.0 Å². The third kappa shape index (κ3) is 3.62. The second-order valence-corrected chi connectivity index (χ2v) is 6.24. The Morgan fingerprint density at radius 1 is 0.885 bits per heavy atom. The van der Waals surface area contributed by atoms with Gasteiger partial charge in [0, 0.05) is 18.8 Å². The zero-order valence-electron chi connectivity index (χ0n) is 13.9. The van der Waals surface area contributed by atoms with E-state index in [1.807, 2.05) is 0 Å². The van der Waals surface area contributed by atoms with Crippen LogP contribution in [-0.4, -0.2) is 30.2 Å². The molecule has 1 unspecified atom stereocenters. The lowest BCUT2D eigenvalue weighted by molar-refractivity contribution is -0.337. The van der Waals surface area contributed by atoms with Crippen molar-refractivity contribution in [2.45, 2.75) is 31.0 Å². The fourth-order valence-corrected chi connectivity index (χ4v) is 2.92. The minimum Gasteiger partial charge on any atom is -0.428 e. The van der Waals surface area contributed by atoms with Crippen molar-refractivity contribution in [2.75, 3.05) is 18.0 Å². The molecule has 0 aliphatic carbocycles. The number of rotatable bonds is 6. The molecule has 0 aromatic heterocycles. The molecule has 0 saturated carbocycles. The molecule has 26 heavy (non-hydrogen) atoms. The summed E-state index contributed by atoms with van der Waals surface area (Å²) in [4.78, 5) is 2.07. The van der Waals surface area contributed by atoms with Crippen LogP contribution >= 0.6 is 0 Å². The van der Waals surface area contributed by atoms with Gasteiger partial charge in [-0.15, -0.1) is 0 Å². The zero-order valence-corrected chi connectivity index (χ0v) is 13.9. The summed E-state index contributed by atoms with van der Waals surface area (Å²) < 4.78 is 60.6. The number of aliphatic hydroxyl groups excluding tert-OH is 1. The molecule has 1 aliphatic heterocycles. The smallest absolute Gasteiger partial charge is 0.428 e. The van der Waals surface area contributed by atoms with Crippen LogP contribution in [0.5, 0.6) is 5.75 Å². The summed E-state index contributed by atoms with van der Waals surface area (Å²) in [6, 6.07) is 12.2. The van der Waals surface area contributed by atoms with Crippen molar-refractivity contribution in [1.82, 2.24) is 0 Å². The van der Waals surface area contributed by atoms with Gasteiger partial charge in [0.15, 0.2) is 6.10 Å². The molecule has 1 N–H and O–H groups in total. The number of ether oxygens (including phenoxy) is 1. The number of benzene rings is 2. The summed E-state index contributed by atoms with van der Waals surface area (Å²) in [7, 11) is 0. The monoisotopic (exact) mass is 369 g/mol. The first-order valence-electron chi connectivity index (χ1n) is 8.34. The molecule has 3 rings (SSSR count). The summed E-state index contributed by atoms with van der Waals surface area (Å²) in [5.74, 6) is -5.22. The van der Waals surface area contributed by atoms with Gasteiger partial charge in [-0.1, -0.05) is 30.3 Å². The van der Waals surface area contributed by atoms with Crippen molar-refractivity contribution < 1.29 is 27.4 Å². The van der Waals surface area contributed by atoms with Crippen molar-refractivity contribution >= 4 is 5.69 Å². The van der Waals surface area contributed by atoms with E-state index in [0.717, 1.165) is 43.8 Å². The molecule has 3 nitrogen and oxygen atoms in total. The maximum absolute atomic E-state index is 14.2. The first-order chi connectivity index (χ1) is 12.3. The predicted molar refractivity (Wildman–Crippen MR) is 89.8 cm³/mol. The number of hydrogen-bond donors (Lipinski definition) is 1. The quantitative estimate of drug-likeness (QED) is 0.754. The van der Waals surface area contributed by atoms with Crippen molar-refractivity contribution in [3.8, 4) is 5.75 Å². The van der Waals surface area contributed by atoms with Gasteiger partial charge in [-0.05, 0) is 42.7 Å². The molecule has 1 saturated heterocycles. The minimum absolute atomic E-state index is 0.297. The van der Waals surface area contributed by atoms with Crippen LogP contribution < -0.4 is 9.64 Å². The van der Waals surface area contributed by atoms with Gasteiger partial charge in [-0.25, -0.2) is 0 Å². The molecule has 140 valence electrons. The molecule has 1 heterocycles. The number of alkyl halides is 4. The highest BCUT2D eigenvalue weighted by atomic mass is 19.3. The molecule has 2 aromatic rings. The van der Waals surface area contributed by atoms with Gasteiger partial charge in [0.2, 0.25) is 0 Å². The Bertz CT molecular complexity index is 716. The van der Waals surface area contributed by atoms with Gasteiger partial charge in [0.05, 0.1) is 0 Å². The van der Waals surface area contributed by atoms with Crippen LogP contribution in [0.25, 0.3) is 0 Å². The second kappa shape index (κ2) is 7.15. The number of para-hydroxylation sites is 1. The minimum atomic E-state index is -4.87. The van der Waals surface area contributed by atoms with Gasteiger partial charge < -0.3 is 14.7 Å². The molecular weight excluding hydrogens is 350 g/mol. The van der Waals surface area contributed by atoms with E-state index in [1.54, 1.807) is 18.2 Å². The van der Waals surface area contributed by atoms with E-state index in [9.17, 15) is 22.7 Å². The van der Waals surface area contributed by atoms with Crippen LogP contribution in [0, 0.1) is 0 Å². The van der Waals surface area contributed by atoms with Gasteiger partial charge in [0.25, 0.3) is 0 Å². The summed E-state index contributed by atoms with van der Waals surface area (Å²) in [6.45, 7) is 1.72. The highest BCUT2D eigenvalue weighted by Crippen LogP contribution is 2.44. The van der Waals surface area contributed by atoms with E-state index >= 15 is 0 Å². The van der Waals surface area contributed by atoms with Gasteiger partial charge in [0.1, 0.15) is 5.75 Å². The Morgan fingerprint density at radius 3 is 2.04 bits per heavy atom. The molecule has 1 atom stereocenters. The summed E-state index contributed by atoms with van der Waals surface area (Å²) in [6.07, 6.45) is -5.48. The molecule has 1 fully saturated rings. The highest BCUT2D eigenvalue weighted by molar-refractivity contribution is 5.48. The zero-order chi connectivity index (χ0) is 18.8. The molecule has 0 spiro atoms. The fourth-order valence-electron chi connectivity index (χ4n) is 2.92. The number of halogens is 4. The van der Waals surface area contributed by atoms with Crippen molar-refractivity contribution in [1.29, 1.82) is 0 Å². The molecule has 0 bridgehead atoms. The summed E-state index contributed by atoms with van der Waals surface area (Å²) >= 11 is 0. The second-order valence-electron chi connectivity index (χ2n) is 6.24. The largest absolute Gasteiger partial charge is 0.467 e. The SMILES string of the molecule is OC(c1ccc(N2CCCC2)cc1)C(F)(F)C(F)(F)Oc1ccccc1. The molecule has 2 aromatic carbocycles. The number of anilines is 1. The van der Waals surface area contributed by atoms with Crippen LogP contribution in [-0.2, 0) is 0 Å². The lowest BCUT2D eigenvalue weighted by Crippen LogP contribution is -2.49. The van der Waals surface area contributed by atoms with Crippen LogP contribution in [0.1, 0.15) is 24.5 Å². The van der Waals surface area contributed by atoms with E-state index in [0.29, 0.717) is 0 Å². The molecule has 7 heteroatoms. The van der Waals surface area contributed by atoms with Gasteiger partial charge in [-0.2, -0.15) is 17.6 Å². The maximum Gasteiger partial charge on any atom is 0.467 e. The molecule has 0 radical (unpaired) electrons. The number of hydrogen-bond acceptors (Lipinski definition) is 3. The topological polar surface area (TPSA) is 32.7 Å². The summed E-state index contributed by atoms with van der Waals surface area (Å²) in [5, 5.41) is 9.89. The van der Waals surface area contributed by atoms with Gasteiger partial charge in [-0.3, -0.25) is 0 Å². The maximum atomic E-state index is 14.2. The Morgan fingerprint density at radius 2 is 1.46 bits per heavy atom. The Hall–Kier alpha value is -2.28. The number of nitrogens with zero attached hydrogens (tertiary/aromatic N) is 1. The van der Waals surface area contributed by atoms with E-state index in [1.165, 1.54) is 24.3 Å². The Kier molecular flexibility index (Phi) is 5.09. The van der Waals surface area contributed by atoms with E-state index in [-0.39, 0.29) is 5.56 Å². The van der Waals surface area contributed by atoms with E-state index < -0.39 is 23.9 Å². The first-order valence-corrected chi connectivity index (χ1v) is 8.34. The fraction of sp³-hybridized carbons (Fsp3) is 0.368.